The summed E-state index contributed by atoms with van der Waals surface area (Å²) in [5.74, 6) is 0.748. The maximum Gasteiger partial charge on any atom is 0.147 e. The average molecular weight is 252 g/mol. The van der Waals surface area contributed by atoms with Crippen LogP contribution in [0.5, 0.6) is 0 Å². The van der Waals surface area contributed by atoms with E-state index in [2.05, 4.69) is 24.1 Å². The average Bonchev–Trinajstić information content (AvgIpc) is 2.87. The molecule has 4 heteroatoms. The van der Waals surface area contributed by atoms with Gasteiger partial charge in [-0.05, 0) is 25.8 Å². The van der Waals surface area contributed by atoms with E-state index in [-0.39, 0.29) is 5.41 Å². The second kappa shape index (κ2) is 4.86. The summed E-state index contributed by atoms with van der Waals surface area (Å²) in [6, 6.07) is 0. The number of hydrogen-bond donors (Lipinski definition) is 1. The van der Waals surface area contributed by atoms with Crippen LogP contribution in [-0.4, -0.2) is 23.9 Å². The van der Waals surface area contributed by atoms with Crippen LogP contribution in [0.2, 0.25) is 0 Å². The number of nitrogens with zero attached hydrogens (tertiary/aromatic N) is 1. The Hall–Kier alpha value is -0.740. The second-order valence-corrected chi connectivity index (χ2v) is 6.16. The molecule has 0 radical (unpaired) electrons. The first kappa shape index (κ1) is 12.7. The highest BCUT2D eigenvalue weighted by atomic mass is 32.1. The Morgan fingerprint density at radius 2 is 2.41 bits per heavy atom. The van der Waals surface area contributed by atoms with E-state index in [9.17, 15) is 4.79 Å². The first-order valence-electron chi connectivity index (χ1n) is 6.19. The monoisotopic (exact) mass is 252 g/mol. The minimum atomic E-state index is -0.167. The van der Waals surface area contributed by atoms with Crippen LogP contribution in [0, 0.1) is 18.3 Å². The number of ketones is 1. The van der Waals surface area contributed by atoms with Crippen LogP contribution in [0.25, 0.3) is 0 Å². The quantitative estimate of drug-likeness (QED) is 0.893. The van der Waals surface area contributed by atoms with Gasteiger partial charge in [-0.15, -0.1) is 11.3 Å². The van der Waals surface area contributed by atoms with Crippen molar-refractivity contribution in [1.29, 1.82) is 0 Å². The van der Waals surface area contributed by atoms with E-state index in [1.807, 2.05) is 12.3 Å². The molecule has 1 aromatic heterocycles. The van der Waals surface area contributed by atoms with Crippen LogP contribution in [0.3, 0.4) is 0 Å². The maximum atomic E-state index is 12.5. The summed E-state index contributed by atoms with van der Waals surface area (Å²) in [5.41, 5.74) is 0.848. The molecular weight excluding hydrogens is 232 g/mol. The lowest BCUT2D eigenvalue weighted by Gasteiger charge is -2.30. The highest BCUT2D eigenvalue weighted by Gasteiger charge is 2.43. The minimum Gasteiger partial charge on any atom is -0.316 e. The molecule has 1 aliphatic heterocycles. The van der Waals surface area contributed by atoms with Gasteiger partial charge in [0.1, 0.15) is 10.8 Å². The molecule has 1 N–H and O–H groups in total. The summed E-state index contributed by atoms with van der Waals surface area (Å²) in [5, 5.41) is 6.30. The molecule has 0 spiro atoms. The normalized spacial score (nSPS) is 24.5. The number of aromatic nitrogens is 1. The van der Waals surface area contributed by atoms with E-state index in [0.717, 1.165) is 30.2 Å². The smallest absolute Gasteiger partial charge is 0.147 e. The topological polar surface area (TPSA) is 42.0 Å². The summed E-state index contributed by atoms with van der Waals surface area (Å²) in [6.07, 6.45) is 1.46. The predicted molar refractivity (Wildman–Crippen MR) is 70.3 cm³/mol. The number of rotatable bonds is 4. The first-order valence-corrected chi connectivity index (χ1v) is 7.07. The molecule has 2 heterocycles. The van der Waals surface area contributed by atoms with Gasteiger partial charge in [0, 0.05) is 23.0 Å². The molecule has 0 aromatic carbocycles. The van der Waals surface area contributed by atoms with Gasteiger partial charge >= 0.3 is 0 Å². The Balaban J connectivity index is 2.12. The van der Waals surface area contributed by atoms with Crippen LogP contribution < -0.4 is 5.32 Å². The fourth-order valence-corrected chi connectivity index (χ4v) is 3.33. The third-order valence-electron chi connectivity index (χ3n) is 3.83. The van der Waals surface area contributed by atoms with Crippen molar-refractivity contribution in [3.8, 4) is 0 Å². The summed E-state index contributed by atoms with van der Waals surface area (Å²) >= 11 is 1.59. The highest BCUT2D eigenvalue weighted by molar-refractivity contribution is 7.09. The molecule has 1 fully saturated rings. The Bertz CT molecular complexity index is 405. The molecule has 1 aliphatic rings. The molecule has 2 rings (SSSR count). The molecule has 94 valence electrons. The van der Waals surface area contributed by atoms with Crippen molar-refractivity contribution in [2.75, 3.05) is 13.1 Å². The van der Waals surface area contributed by atoms with Crippen molar-refractivity contribution in [3.63, 3.8) is 0 Å². The molecular formula is C13H20N2OS. The van der Waals surface area contributed by atoms with E-state index in [1.165, 1.54) is 0 Å². The van der Waals surface area contributed by atoms with Crippen molar-refractivity contribution in [2.24, 2.45) is 11.3 Å². The lowest BCUT2D eigenvalue weighted by Crippen LogP contribution is -2.39. The zero-order chi connectivity index (χ0) is 12.5. The summed E-state index contributed by atoms with van der Waals surface area (Å²) < 4.78 is 0. The third kappa shape index (κ3) is 2.43. The standard InChI is InChI=1S/C13H20N2OS/c1-9(2)13(4-5-14-8-13)11(16)6-12-15-10(3)7-17-12/h7,9,14H,4-6,8H2,1-3H3. The molecule has 0 bridgehead atoms. The summed E-state index contributed by atoms with van der Waals surface area (Å²) in [4.78, 5) is 16.9. The lowest BCUT2D eigenvalue weighted by atomic mass is 9.72. The van der Waals surface area contributed by atoms with E-state index >= 15 is 0 Å². The number of carbonyl (C=O) groups excluding carboxylic acids is 1. The van der Waals surface area contributed by atoms with Crippen molar-refractivity contribution in [1.82, 2.24) is 10.3 Å². The third-order valence-corrected chi connectivity index (χ3v) is 4.79. The van der Waals surface area contributed by atoms with Gasteiger partial charge in [0.2, 0.25) is 0 Å². The molecule has 3 nitrogen and oxygen atoms in total. The second-order valence-electron chi connectivity index (χ2n) is 5.22. The van der Waals surface area contributed by atoms with Gasteiger partial charge in [0.15, 0.2) is 0 Å². The molecule has 1 unspecified atom stereocenters. The van der Waals surface area contributed by atoms with Gasteiger partial charge in [-0.2, -0.15) is 0 Å². The molecule has 0 saturated carbocycles. The van der Waals surface area contributed by atoms with Crippen LogP contribution in [0.15, 0.2) is 5.38 Å². The van der Waals surface area contributed by atoms with Crippen molar-refractivity contribution >= 4 is 17.1 Å². The van der Waals surface area contributed by atoms with E-state index in [4.69, 9.17) is 0 Å². The number of hydrogen-bond acceptors (Lipinski definition) is 4. The number of aryl methyl sites for hydroxylation is 1. The van der Waals surface area contributed by atoms with Crippen LogP contribution in [0.1, 0.15) is 31.0 Å². The van der Waals surface area contributed by atoms with Crippen LogP contribution >= 0.6 is 11.3 Å². The molecule has 0 aliphatic carbocycles. The van der Waals surface area contributed by atoms with E-state index < -0.39 is 0 Å². The lowest BCUT2D eigenvalue weighted by molar-refractivity contribution is -0.129. The molecule has 1 atom stereocenters. The fourth-order valence-electron chi connectivity index (χ4n) is 2.56. The van der Waals surface area contributed by atoms with Crippen LogP contribution in [-0.2, 0) is 11.2 Å². The molecule has 0 amide bonds. The van der Waals surface area contributed by atoms with Gasteiger partial charge in [-0.1, -0.05) is 13.8 Å². The number of Topliss-reactive ketones (excluding diaryl/α,β-unsaturated/α-hetero) is 1. The maximum absolute atomic E-state index is 12.5. The number of nitrogens with one attached hydrogen (secondary N) is 1. The highest BCUT2D eigenvalue weighted by Crippen LogP contribution is 2.36. The predicted octanol–water partition coefficient (Wildman–Crippen LogP) is 2.20. The van der Waals surface area contributed by atoms with E-state index in [1.54, 1.807) is 11.3 Å². The Kier molecular flexibility index (Phi) is 3.64. The van der Waals surface area contributed by atoms with Crippen molar-refractivity contribution in [2.45, 2.75) is 33.6 Å². The number of thiazole rings is 1. The molecule has 1 aromatic rings. The SMILES string of the molecule is Cc1csc(CC(=O)C2(C(C)C)CCNC2)n1. The van der Waals surface area contributed by atoms with Gasteiger partial charge in [0.25, 0.3) is 0 Å². The Morgan fingerprint density at radius 3 is 2.88 bits per heavy atom. The summed E-state index contributed by atoms with van der Waals surface area (Å²) in [6.45, 7) is 8.06. The number of carbonyl (C=O) groups is 1. The molecule has 1 saturated heterocycles. The fraction of sp³-hybridized carbons (Fsp3) is 0.692. The van der Waals surface area contributed by atoms with Crippen LogP contribution in [0.4, 0.5) is 0 Å². The van der Waals surface area contributed by atoms with Gasteiger partial charge < -0.3 is 5.32 Å². The first-order chi connectivity index (χ1) is 8.04. The summed E-state index contributed by atoms with van der Waals surface area (Å²) in [7, 11) is 0. The van der Waals surface area contributed by atoms with Crippen molar-refractivity contribution < 1.29 is 4.79 Å². The van der Waals surface area contributed by atoms with Gasteiger partial charge in [-0.3, -0.25) is 4.79 Å². The van der Waals surface area contributed by atoms with E-state index in [0.29, 0.717) is 18.1 Å². The van der Waals surface area contributed by atoms with Crippen molar-refractivity contribution in [3.05, 3.63) is 16.1 Å². The van der Waals surface area contributed by atoms with Gasteiger partial charge in [-0.25, -0.2) is 4.98 Å². The molecule has 17 heavy (non-hydrogen) atoms. The zero-order valence-electron chi connectivity index (χ0n) is 10.7. The Labute approximate surface area is 107 Å². The zero-order valence-corrected chi connectivity index (χ0v) is 11.6. The minimum absolute atomic E-state index is 0.167. The van der Waals surface area contributed by atoms with Gasteiger partial charge in [0.05, 0.1) is 6.42 Å². The largest absolute Gasteiger partial charge is 0.316 e. The Morgan fingerprint density at radius 1 is 1.65 bits per heavy atom.